The highest BCUT2D eigenvalue weighted by atomic mass is 127. The molecule has 236 valence electrons. The van der Waals surface area contributed by atoms with Crippen LogP contribution in [0.3, 0.4) is 0 Å². The molecule has 0 radical (unpaired) electrons. The molecule has 1 heterocycles. The van der Waals surface area contributed by atoms with Crippen molar-refractivity contribution >= 4 is 28.6 Å². The van der Waals surface area contributed by atoms with E-state index in [-0.39, 0.29) is 10.5 Å². The summed E-state index contributed by atoms with van der Waals surface area (Å²) in [5.41, 5.74) is 4.17. The number of benzene rings is 4. The summed E-state index contributed by atoms with van der Waals surface area (Å²) < 4.78 is 38.5. The Morgan fingerprint density at radius 2 is 1.09 bits per heavy atom. The Morgan fingerprint density at radius 1 is 0.644 bits per heavy atom. The van der Waals surface area contributed by atoms with Crippen LogP contribution >= 0.6 is 22.6 Å². The third-order valence-corrected chi connectivity index (χ3v) is 8.54. The van der Waals surface area contributed by atoms with Crippen LogP contribution in [-0.2, 0) is 53.0 Å². The molecule has 8 heteroatoms. The molecule has 1 aliphatic heterocycles. The van der Waals surface area contributed by atoms with Crippen molar-refractivity contribution < 1.29 is 33.2 Å². The molecule has 0 unspecified atom stereocenters. The van der Waals surface area contributed by atoms with Crippen molar-refractivity contribution in [3.05, 3.63) is 144 Å². The first-order valence-electron chi connectivity index (χ1n) is 15.1. The van der Waals surface area contributed by atoms with Gasteiger partial charge < -0.3 is 28.4 Å². The Morgan fingerprint density at radius 3 is 1.58 bits per heavy atom. The fourth-order valence-electron chi connectivity index (χ4n) is 5.15. The summed E-state index contributed by atoms with van der Waals surface area (Å²) in [5, 5.41) is 0. The fourth-order valence-corrected chi connectivity index (χ4v) is 5.77. The summed E-state index contributed by atoms with van der Waals surface area (Å²) in [6.07, 6.45) is -3.36. The van der Waals surface area contributed by atoms with Crippen molar-refractivity contribution in [1.29, 1.82) is 0 Å². The van der Waals surface area contributed by atoms with E-state index in [1.165, 1.54) is 6.92 Å². The van der Waals surface area contributed by atoms with Crippen molar-refractivity contribution in [2.24, 2.45) is 0 Å². The Bertz CT molecular complexity index is 1410. The topological polar surface area (TPSA) is 72.5 Å². The number of hydrogen-bond donors (Lipinski definition) is 0. The molecule has 45 heavy (non-hydrogen) atoms. The molecule has 0 spiro atoms. The third kappa shape index (κ3) is 10.2. The molecule has 0 amide bonds. The van der Waals surface area contributed by atoms with Gasteiger partial charge in [-0.05, 0) is 22.3 Å². The monoisotopic (exact) mass is 722 g/mol. The van der Waals surface area contributed by atoms with Gasteiger partial charge in [-0.3, -0.25) is 4.79 Å². The number of hydrogen-bond acceptors (Lipinski definition) is 7. The molecule has 5 rings (SSSR count). The summed E-state index contributed by atoms with van der Waals surface area (Å²) in [7, 11) is 0. The fraction of sp³-hybridized carbons (Fsp3) is 0.324. The van der Waals surface area contributed by atoms with Crippen molar-refractivity contribution in [2.75, 3.05) is 13.2 Å². The van der Waals surface area contributed by atoms with Gasteiger partial charge in [0.05, 0.1) is 30.4 Å². The minimum atomic E-state index is -0.812. The van der Waals surface area contributed by atoms with E-state index in [1.807, 2.05) is 109 Å². The van der Waals surface area contributed by atoms with Gasteiger partial charge in [-0.15, -0.1) is 0 Å². The van der Waals surface area contributed by atoms with Crippen LogP contribution in [0.2, 0.25) is 0 Å². The van der Waals surface area contributed by atoms with Gasteiger partial charge in [-0.25, -0.2) is 0 Å². The van der Waals surface area contributed by atoms with E-state index in [1.54, 1.807) is 0 Å². The average molecular weight is 723 g/mol. The predicted molar refractivity (Wildman–Crippen MR) is 180 cm³/mol. The van der Waals surface area contributed by atoms with Gasteiger partial charge in [0.1, 0.15) is 31.0 Å². The zero-order valence-electron chi connectivity index (χ0n) is 25.3. The lowest BCUT2D eigenvalue weighted by atomic mass is 9.97. The molecule has 7 nitrogen and oxygen atoms in total. The normalized spacial score (nSPS) is 22.0. The van der Waals surface area contributed by atoms with E-state index >= 15 is 0 Å². The number of carbonyl (C=O) groups excluding carboxylic acids is 1. The summed E-state index contributed by atoms with van der Waals surface area (Å²) >= 11 is 2.38. The average Bonchev–Trinajstić information content (AvgIpc) is 3.09. The Balaban J connectivity index is 1.44. The van der Waals surface area contributed by atoms with Crippen molar-refractivity contribution in [2.45, 2.75) is 61.4 Å². The van der Waals surface area contributed by atoms with Crippen molar-refractivity contribution in [3.8, 4) is 0 Å². The minimum Gasteiger partial charge on any atom is -0.463 e. The van der Waals surface area contributed by atoms with E-state index in [4.69, 9.17) is 28.4 Å². The van der Waals surface area contributed by atoms with E-state index in [2.05, 4.69) is 34.7 Å². The van der Waals surface area contributed by atoms with E-state index in [0.717, 1.165) is 22.3 Å². The summed E-state index contributed by atoms with van der Waals surface area (Å²) in [5.74, 6) is -0.404. The number of rotatable bonds is 15. The first-order valence-corrected chi connectivity index (χ1v) is 16.4. The van der Waals surface area contributed by atoms with Crippen LogP contribution in [0.4, 0.5) is 0 Å². The number of alkyl halides is 1. The molecular weight excluding hydrogens is 683 g/mol. The van der Waals surface area contributed by atoms with Gasteiger partial charge >= 0.3 is 5.97 Å². The molecule has 0 saturated carbocycles. The zero-order valence-corrected chi connectivity index (χ0v) is 27.4. The van der Waals surface area contributed by atoms with Gasteiger partial charge in [0, 0.05) is 6.92 Å². The number of carbonyl (C=O) groups is 1. The highest BCUT2D eigenvalue weighted by molar-refractivity contribution is 14.1. The number of ether oxygens (including phenoxy) is 6. The molecule has 6 atom stereocenters. The second kappa shape index (κ2) is 17.5. The maximum absolute atomic E-state index is 11.9. The van der Waals surface area contributed by atoms with Crippen LogP contribution in [0.1, 0.15) is 33.1 Å². The maximum Gasteiger partial charge on any atom is 0.302 e. The quantitative estimate of drug-likeness (QED) is 0.0729. The highest BCUT2D eigenvalue weighted by Crippen LogP contribution is 2.33. The summed E-state index contributed by atoms with van der Waals surface area (Å²) in [4.78, 5) is 11.9. The summed E-state index contributed by atoms with van der Waals surface area (Å²) in [6, 6.07) is 40.0. The lowest BCUT2D eigenvalue weighted by molar-refractivity contribution is -0.326. The van der Waals surface area contributed by atoms with Crippen molar-refractivity contribution in [1.82, 2.24) is 0 Å². The largest absolute Gasteiger partial charge is 0.463 e. The SMILES string of the molecule is CC(=O)OC[C@H]1O[C@H](OC[C@@H](I)c2ccccc2)[C@@H](OCc2ccccc2)[C@@H](OCc2ccccc2)[C@@H]1OCc1ccccc1. The zero-order chi connectivity index (χ0) is 31.3. The maximum atomic E-state index is 11.9. The second-order valence-electron chi connectivity index (χ2n) is 10.8. The van der Waals surface area contributed by atoms with Gasteiger partial charge in [-0.1, -0.05) is 144 Å². The van der Waals surface area contributed by atoms with Gasteiger partial charge in [0.15, 0.2) is 6.29 Å². The molecule has 0 aromatic heterocycles. The molecule has 4 aromatic carbocycles. The molecule has 0 bridgehead atoms. The second-order valence-corrected chi connectivity index (χ2v) is 12.3. The molecule has 1 aliphatic rings. The Labute approximate surface area is 278 Å². The number of halogens is 1. The third-order valence-electron chi connectivity index (χ3n) is 7.47. The lowest BCUT2D eigenvalue weighted by Gasteiger charge is -2.45. The van der Waals surface area contributed by atoms with Crippen LogP contribution in [0, 0.1) is 0 Å². The van der Waals surface area contributed by atoms with Gasteiger partial charge in [0.25, 0.3) is 0 Å². The smallest absolute Gasteiger partial charge is 0.302 e. The van der Waals surface area contributed by atoms with E-state index in [9.17, 15) is 4.79 Å². The van der Waals surface area contributed by atoms with E-state index in [0.29, 0.717) is 26.4 Å². The van der Waals surface area contributed by atoms with Crippen molar-refractivity contribution in [3.63, 3.8) is 0 Å². The molecule has 4 aromatic rings. The first kappa shape index (κ1) is 33.2. The van der Waals surface area contributed by atoms with Gasteiger partial charge in [-0.2, -0.15) is 0 Å². The number of esters is 1. The van der Waals surface area contributed by atoms with Crippen LogP contribution in [0.5, 0.6) is 0 Å². The predicted octanol–water partition coefficient (Wildman–Crippen LogP) is 7.22. The first-order chi connectivity index (χ1) is 22.1. The highest BCUT2D eigenvalue weighted by Gasteiger charge is 2.49. The van der Waals surface area contributed by atoms with Crippen LogP contribution < -0.4 is 0 Å². The van der Waals surface area contributed by atoms with Crippen LogP contribution in [0.15, 0.2) is 121 Å². The van der Waals surface area contributed by atoms with Crippen LogP contribution in [-0.4, -0.2) is 49.9 Å². The van der Waals surface area contributed by atoms with E-state index < -0.39 is 36.7 Å². The standard InChI is InChI=1S/C37H39IO7/c1-27(39)40-26-33-34(41-22-28-14-6-2-7-15-28)35(42-23-29-16-8-3-9-17-29)36(43-24-30-18-10-4-11-19-30)37(45-33)44-25-32(38)31-20-12-5-13-21-31/h2-21,32-37H,22-26H2,1H3/t32-,33-,34-,35+,36+,37+/m1/s1. The summed E-state index contributed by atoms with van der Waals surface area (Å²) in [6.45, 7) is 2.71. The molecule has 1 fully saturated rings. The Hall–Kier alpha value is -3.12. The van der Waals surface area contributed by atoms with Gasteiger partial charge in [0.2, 0.25) is 0 Å². The minimum absolute atomic E-state index is 0.0163. The molecule has 0 aliphatic carbocycles. The Kier molecular flexibility index (Phi) is 13.0. The molecular formula is C37H39IO7. The van der Waals surface area contributed by atoms with Crippen LogP contribution in [0.25, 0.3) is 0 Å². The lowest BCUT2D eigenvalue weighted by Crippen LogP contribution is -2.62. The molecule has 1 saturated heterocycles. The molecule has 0 N–H and O–H groups in total.